The van der Waals surface area contributed by atoms with Crippen molar-refractivity contribution in [1.29, 1.82) is 0 Å². The largest absolute Gasteiger partial charge is 0.279 e. The minimum atomic E-state index is -3.80. The monoisotopic (exact) mass is 343 g/mol. The maximum Gasteiger partial charge on any atom is 0.261 e. The Morgan fingerprint density at radius 3 is 2.29 bits per heavy atom. The summed E-state index contributed by atoms with van der Waals surface area (Å²) >= 11 is 11.2. The lowest BCUT2D eigenvalue weighted by Crippen LogP contribution is -2.14. The van der Waals surface area contributed by atoms with Crippen molar-refractivity contribution in [1.82, 2.24) is 0 Å². The van der Waals surface area contributed by atoms with Crippen LogP contribution >= 0.6 is 23.2 Å². The van der Waals surface area contributed by atoms with Crippen LogP contribution in [-0.4, -0.2) is 13.7 Å². The predicted octanol–water partition coefficient (Wildman–Crippen LogP) is 3.83. The molecular weight excluding hydrogens is 333 g/mol. The van der Waals surface area contributed by atoms with Gasteiger partial charge in [0.1, 0.15) is 0 Å². The molecule has 0 aliphatic carbocycles. The SMILES string of the molecule is Cc1ccc(S(=O)(=O)Nc2ccc(Cl)cc2C(=O)Cl)cc1. The summed E-state index contributed by atoms with van der Waals surface area (Å²) in [6, 6.07) is 10.5. The third-order valence-electron chi connectivity index (χ3n) is 2.77. The normalized spacial score (nSPS) is 11.2. The molecule has 2 rings (SSSR count). The highest BCUT2D eigenvalue weighted by Gasteiger charge is 2.18. The van der Waals surface area contributed by atoms with Gasteiger partial charge in [0.2, 0.25) is 0 Å². The van der Waals surface area contributed by atoms with Crippen LogP contribution in [0.2, 0.25) is 5.02 Å². The number of carbonyl (C=O) groups is 1. The fraction of sp³-hybridized carbons (Fsp3) is 0.0714. The number of halogens is 2. The third kappa shape index (κ3) is 3.75. The van der Waals surface area contributed by atoms with Gasteiger partial charge >= 0.3 is 0 Å². The van der Waals surface area contributed by atoms with Crippen molar-refractivity contribution in [3.05, 3.63) is 58.6 Å². The van der Waals surface area contributed by atoms with Crippen molar-refractivity contribution in [2.24, 2.45) is 0 Å². The van der Waals surface area contributed by atoms with Crippen molar-refractivity contribution in [3.8, 4) is 0 Å². The quantitative estimate of drug-likeness (QED) is 0.858. The van der Waals surface area contributed by atoms with E-state index in [0.29, 0.717) is 0 Å². The molecule has 110 valence electrons. The van der Waals surface area contributed by atoms with Gasteiger partial charge in [0.15, 0.2) is 0 Å². The van der Waals surface area contributed by atoms with E-state index < -0.39 is 15.3 Å². The van der Waals surface area contributed by atoms with Gasteiger partial charge < -0.3 is 0 Å². The van der Waals surface area contributed by atoms with Gasteiger partial charge in [0.05, 0.1) is 16.1 Å². The highest BCUT2D eigenvalue weighted by Crippen LogP contribution is 2.25. The summed E-state index contributed by atoms with van der Waals surface area (Å²) in [5, 5.41) is -0.503. The Morgan fingerprint density at radius 2 is 1.71 bits per heavy atom. The molecule has 0 spiro atoms. The molecule has 2 aromatic carbocycles. The number of anilines is 1. The second-order valence-corrected chi connectivity index (χ2v) is 6.84. The number of rotatable bonds is 4. The number of hydrogen-bond acceptors (Lipinski definition) is 3. The lowest BCUT2D eigenvalue weighted by atomic mass is 10.2. The Balaban J connectivity index is 2.41. The van der Waals surface area contributed by atoms with Gasteiger partial charge in [0.25, 0.3) is 15.3 Å². The van der Waals surface area contributed by atoms with Crippen molar-refractivity contribution in [3.63, 3.8) is 0 Å². The maximum atomic E-state index is 12.3. The first kappa shape index (κ1) is 15.8. The van der Waals surface area contributed by atoms with Crippen LogP contribution in [-0.2, 0) is 10.0 Å². The first-order valence-electron chi connectivity index (χ1n) is 5.88. The zero-order chi connectivity index (χ0) is 15.6. The van der Waals surface area contributed by atoms with E-state index in [-0.39, 0.29) is 21.2 Å². The zero-order valence-electron chi connectivity index (χ0n) is 10.9. The fourth-order valence-corrected chi connectivity index (χ4v) is 3.10. The van der Waals surface area contributed by atoms with E-state index in [2.05, 4.69) is 4.72 Å². The number of hydrogen-bond donors (Lipinski definition) is 1. The maximum absolute atomic E-state index is 12.3. The molecule has 0 bridgehead atoms. The standard InChI is InChI=1S/C14H11Cl2NO3S/c1-9-2-5-11(6-3-9)21(19,20)17-13-7-4-10(15)8-12(13)14(16)18/h2-8,17H,1H3. The molecule has 0 saturated carbocycles. The van der Waals surface area contributed by atoms with E-state index in [4.69, 9.17) is 23.2 Å². The average molecular weight is 344 g/mol. The van der Waals surface area contributed by atoms with Gasteiger partial charge in [-0.25, -0.2) is 8.42 Å². The first-order valence-corrected chi connectivity index (χ1v) is 8.12. The highest BCUT2D eigenvalue weighted by atomic mass is 35.5. The second kappa shape index (κ2) is 6.05. The second-order valence-electron chi connectivity index (χ2n) is 4.38. The van der Waals surface area contributed by atoms with Crippen LogP contribution in [0.15, 0.2) is 47.4 Å². The number of aryl methyl sites for hydroxylation is 1. The Hall–Kier alpha value is -1.56. The van der Waals surface area contributed by atoms with Crippen LogP contribution in [0.5, 0.6) is 0 Å². The van der Waals surface area contributed by atoms with Crippen LogP contribution in [0.1, 0.15) is 15.9 Å². The molecule has 2 aromatic rings. The Bertz CT molecular complexity index is 786. The Morgan fingerprint density at radius 1 is 1.10 bits per heavy atom. The smallest absolute Gasteiger partial charge is 0.261 e. The van der Waals surface area contributed by atoms with Gasteiger partial charge in [-0.3, -0.25) is 9.52 Å². The minimum Gasteiger partial charge on any atom is -0.279 e. The number of nitrogens with one attached hydrogen (secondary N) is 1. The molecule has 0 fully saturated rings. The molecular formula is C14H11Cl2NO3S. The summed E-state index contributed by atoms with van der Waals surface area (Å²) in [6.07, 6.45) is 0. The van der Waals surface area contributed by atoms with Crippen LogP contribution in [0, 0.1) is 6.92 Å². The van der Waals surface area contributed by atoms with Crippen molar-refractivity contribution >= 4 is 44.2 Å². The molecule has 0 saturated heterocycles. The van der Waals surface area contributed by atoms with Crippen LogP contribution in [0.4, 0.5) is 5.69 Å². The van der Waals surface area contributed by atoms with Crippen LogP contribution in [0.25, 0.3) is 0 Å². The first-order chi connectivity index (χ1) is 9.79. The van der Waals surface area contributed by atoms with Crippen molar-refractivity contribution < 1.29 is 13.2 Å². The number of sulfonamides is 1. The Labute approximate surface area is 132 Å². The van der Waals surface area contributed by atoms with Gasteiger partial charge in [-0.2, -0.15) is 0 Å². The van der Waals surface area contributed by atoms with Crippen LogP contribution < -0.4 is 4.72 Å². The summed E-state index contributed by atoms with van der Waals surface area (Å²) in [5.74, 6) is 0. The van der Waals surface area contributed by atoms with Crippen molar-refractivity contribution in [2.75, 3.05) is 4.72 Å². The van der Waals surface area contributed by atoms with E-state index >= 15 is 0 Å². The van der Waals surface area contributed by atoms with Crippen molar-refractivity contribution in [2.45, 2.75) is 11.8 Å². The summed E-state index contributed by atoms with van der Waals surface area (Å²) < 4.78 is 26.9. The van der Waals surface area contributed by atoms with Gasteiger partial charge in [-0.05, 0) is 48.9 Å². The molecule has 0 atom stereocenters. The molecule has 7 heteroatoms. The molecule has 0 unspecified atom stereocenters. The molecule has 0 aliphatic rings. The fourth-order valence-electron chi connectivity index (χ4n) is 1.69. The zero-order valence-corrected chi connectivity index (χ0v) is 13.3. The third-order valence-corrected chi connectivity index (χ3v) is 4.59. The van der Waals surface area contributed by atoms with E-state index in [1.54, 1.807) is 12.1 Å². The van der Waals surface area contributed by atoms with Gasteiger partial charge in [-0.15, -0.1) is 0 Å². The molecule has 1 N–H and O–H groups in total. The number of benzene rings is 2. The highest BCUT2D eigenvalue weighted by molar-refractivity contribution is 7.92. The average Bonchev–Trinajstić information content (AvgIpc) is 2.41. The van der Waals surface area contributed by atoms with E-state index in [1.807, 2.05) is 6.92 Å². The summed E-state index contributed by atoms with van der Waals surface area (Å²) in [6.45, 7) is 1.85. The molecule has 0 amide bonds. The topological polar surface area (TPSA) is 63.2 Å². The van der Waals surface area contributed by atoms with E-state index in [9.17, 15) is 13.2 Å². The molecule has 0 aliphatic heterocycles. The lowest BCUT2D eigenvalue weighted by molar-refractivity contribution is 0.108. The minimum absolute atomic E-state index is 0.000136. The van der Waals surface area contributed by atoms with Gasteiger partial charge in [-0.1, -0.05) is 29.3 Å². The molecule has 0 aromatic heterocycles. The summed E-state index contributed by atoms with van der Waals surface area (Å²) in [5.41, 5.74) is 1.02. The molecule has 4 nitrogen and oxygen atoms in total. The van der Waals surface area contributed by atoms with Gasteiger partial charge in [0, 0.05) is 5.02 Å². The summed E-state index contributed by atoms with van der Waals surface area (Å²) in [4.78, 5) is 11.5. The number of carbonyl (C=O) groups excluding carboxylic acids is 1. The lowest BCUT2D eigenvalue weighted by Gasteiger charge is -2.11. The van der Waals surface area contributed by atoms with Crippen LogP contribution in [0.3, 0.4) is 0 Å². The molecule has 21 heavy (non-hydrogen) atoms. The molecule has 0 radical (unpaired) electrons. The van der Waals surface area contributed by atoms with E-state index in [1.165, 1.54) is 30.3 Å². The predicted molar refractivity (Wildman–Crippen MR) is 83.6 cm³/mol. The van der Waals surface area contributed by atoms with E-state index in [0.717, 1.165) is 5.56 Å². The Kier molecular flexibility index (Phi) is 4.56. The summed E-state index contributed by atoms with van der Waals surface area (Å²) in [7, 11) is -3.80. The molecule has 0 heterocycles.